The van der Waals surface area contributed by atoms with Gasteiger partial charge in [0.2, 0.25) is 0 Å². The van der Waals surface area contributed by atoms with E-state index in [9.17, 15) is 9.90 Å². The van der Waals surface area contributed by atoms with Gasteiger partial charge in [-0.3, -0.25) is 9.69 Å². The Bertz CT molecular complexity index is 745. The molecule has 5 rings (SSSR count). The van der Waals surface area contributed by atoms with Crippen molar-refractivity contribution >= 4 is 5.91 Å². The van der Waals surface area contributed by atoms with E-state index in [0.29, 0.717) is 23.2 Å². The van der Waals surface area contributed by atoms with Gasteiger partial charge in [-0.25, -0.2) is 0 Å². The topological polar surface area (TPSA) is 68.4 Å². The normalized spacial score (nSPS) is 28.7. The Morgan fingerprint density at radius 3 is 2.67 bits per heavy atom. The van der Waals surface area contributed by atoms with Crippen molar-refractivity contribution in [2.75, 3.05) is 13.1 Å². The third kappa shape index (κ3) is 2.59. The SMILES string of the molecule is C[C@H]1[C@H](NC(=O)c2ccc(-c3ccccc3O)[nH]2)C2CCN1CC2. The minimum Gasteiger partial charge on any atom is -0.507 e. The lowest BCUT2D eigenvalue weighted by molar-refractivity contribution is 0.0216. The van der Waals surface area contributed by atoms with Gasteiger partial charge in [-0.2, -0.15) is 0 Å². The van der Waals surface area contributed by atoms with E-state index in [1.54, 1.807) is 18.2 Å². The number of rotatable bonds is 3. The molecule has 3 N–H and O–H groups in total. The standard InChI is InChI=1S/C19H23N3O2/c1-12-18(13-8-10-22(12)11-9-13)21-19(24)16-7-6-15(20-16)14-4-2-3-5-17(14)23/h2-7,12-13,18,20,23H,8-11H2,1H3,(H,21,24)/t12-,18-/m0/s1. The van der Waals surface area contributed by atoms with E-state index in [1.807, 2.05) is 18.2 Å². The van der Waals surface area contributed by atoms with Crippen LogP contribution in [0.5, 0.6) is 5.75 Å². The lowest BCUT2D eigenvalue weighted by Crippen LogP contribution is -2.62. The van der Waals surface area contributed by atoms with Crippen molar-refractivity contribution in [1.82, 2.24) is 15.2 Å². The van der Waals surface area contributed by atoms with Gasteiger partial charge >= 0.3 is 0 Å². The van der Waals surface area contributed by atoms with Crippen LogP contribution in [0.25, 0.3) is 11.3 Å². The summed E-state index contributed by atoms with van der Waals surface area (Å²) in [6.07, 6.45) is 2.34. The van der Waals surface area contributed by atoms with Crippen LogP contribution in [0.3, 0.4) is 0 Å². The number of carbonyl (C=O) groups is 1. The fourth-order valence-corrected chi connectivity index (χ4v) is 4.16. The van der Waals surface area contributed by atoms with Gasteiger partial charge in [0.15, 0.2) is 0 Å². The largest absolute Gasteiger partial charge is 0.507 e. The Morgan fingerprint density at radius 2 is 1.96 bits per heavy atom. The van der Waals surface area contributed by atoms with Crippen LogP contribution in [0.1, 0.15) is 30.3 Å². The highest BCUT2D eigenvalue weighted by Crippen LogP contribution is 2.32. The number of phenols is 1. The fraction of sp³-hybridized carbons (Fsp3) is 0.421. The molecule has 0 radical (unpaired) electrons. The van der Waals surface area contributed by atoms with Crippen molar-refractivity contribution < 1.29 is 9.90 Å². The van der Waals surface area contributed by atoms with Crippen LogP contribution in [-0.4, -0.2) is 46.1 Å². The van der Waals surface area contributed by atoms with Crippen LogP contribution in [0.4, 0.5) is 0 Å². The molecule has 2 atom stereocenters. The number of carbonyl (C=O) groups excluding carboxylic acids is 1. The van der Waals surface area contributed by atoms with E-state index in [4.69, 9.17) is 0 Å². The molecule has 3 fully saturated rings. The molecule has 5 nitrogen and oxygen atoms in total. The number of nitrogens with one attached hydrogen (secondary N) is 2. The summed E-state index contributed by atoms with van der Waals surface area (Å²) in [5.74, 6) is 0.723. The number of H-pyrrole nitrogens is 1. The summed E-state index contributed by atoms with van der Waals surface area (Å²) < 4.78 is 0. The molecule has 24 heavy (non-hydrogen) atoms. The molecule has 3 saturated heterocycles. The van der Waals surface area contributed by atoms with E-state index in [0.717, 1.165) is 18.8 Å². The van der Waals surface area contributed by atoms with Crippen molar-refractivity contribution in [3.8, 4) is 17.0 Å². The maximum atomic E-state index is 12.6. The quantitative estimate of drug-likeness (QED) is 0.812. The van der Waals surface area contributed by atoms with Gasteiger partial charge < -0.3 is 15.4 Å². The number of phenolic OH excluding ortho intramolecular Hbond substituents is 1. The van der Waals surface area contributed by atoms with Gasteiger partial charge in [-0.15, -0.1) is 0 Å². The molecule has 5 heteroatoms. The lowest BCUT2D eigenvalue weighted by Gasteiger charge is -2.49. The predicted molar refractivity (Wildman–Crippen MR) is 92.9 cm³/mol. The Morgan fingerprint density at radius 1 is 1.21 bits per heavy atom. The van der Waals surface area contributed by atoms with Crippen molar-refractivity contribution in [2.24, 2.45) is 5.92 Å². The Balaban J connectivity index is 1.51. The molecular formula is C19H23N3O2. The number of benzene rings is 1. The van der Waals surface area contributed by atoms with Gasteiger partial charge in [-0.1, -0.05) is 12.1 Å². The number of para-hydroxylation sites is 1. The summed E-state index contributed by atoms with van der Waals surface area (Å²) >= 11 is 0. The molecule has 2 aromatic rings. The van der Waals surface area contributed by atoms with Crippen molar-refractivity contribution in [1.29, 1.82) is 0 Å². The Kier molecular flexibility index (Phi) is 3.81. The highest BCUT2D eigenvalue weighted by molar-refractivity contribution is 5.93. The molecule has 3 aliphatic rings. The third-order valence-corrected chi connectivity index (χ3v) is 5.60. The summed E-state index contributed by atoms with van der Waals surface area (Å²) in [5, 5.41) is 13.2. The van der Waals surface area contributed by atoms with Crippen LogP contribution in [0.15, 0.2) is 36.4 Å². The number of aromatic nitrogens is 1. The summed E-state index contributed by atoms with van der Waals surface area (Å²) in [4.78, 5) is 18.2. The number of hydrogen-bond acceptors (Lipinski definition) is 3. The van der Waals surface area contributed by atoms with Crippen LogP contribution in [0, 0.1) is 5.92 Å². The van der Waals surface area contributed by atoms with E-state index in [1.165, 1.54) is 12.8 Å². The van der Waals surface area contributed by atoms with Gasteiger partial charge in [0, 0.05) is 23.3 Å². The smallest absolute Gasteiger partial charge is 0.267 e. The molecule has 1 aromatic carbocycles. The zero-order chi connectivity index (χ0) is 16.7. The van der Waals surface area contributed by atoms with Crippen LogP contribution >= 0.6 is 0 Å². The molecule has 2 bridgehead atoms. The Hall–Kier alpha value is -2.27. The van der Waals surface area contributed by atoms with E-state index in [-0.39, 0.29) is 17.7 Å². The first kappa shape index (κ1) is 15.3. The summed E-state index contributed by atoms with van der Waals surface area (Å²) in [6.45, 7) is 4.51. The third-order valence-electron chi connectivity index (χ3n) is 5.60. The number of aromatic amines is 1. The second kappa shape index (κ2) is 5.98. The minimum atomic E-state index is -0.0673. The first-order valence-electron chi connectivity index (χ1n) is 8.66. The van der Waals surface area contributed by atoms with E-state index in [2.05, 4.69) is 22.1 Å². The second-order valence-corrected chi connectivity index (χ2v) is 6.92. The van der Waals surface area contributed by atoms with Crippen molar-refractivity contribution in [3.63, 3.8) is 0 Å². The average Bonchev–Trinajstić information content (AvgIpc) is 3.09. The van der Waals surface area contributed by atoms with E-state index < -0.39 is 0 Å². The molecule has 0 saturated carbocycles. The monoisotopic (exact) mass is 325 g/mol. The molecule has 0 unspecified atom stereocenters. The molecule has 126 valence electrons. The predicted octanol–water partition coefficient (Wildman–Crippen LogP) is 2.60. The maximum absolute atomic E-state index is 12.6. The first-order chi connectivity index (χ1) is 11.6. The number of hydrogen-bond donors (Lipinski definition) is 3. The molecule has 0 spiro atoms. The van der Waals surface area contributed by atoms with Gasteiger partial charge in [0.25, 0.3) is 5.91 Å². The average molecular weight is 325 g/mol. The number of nitrogens with zero attached hydrogens (tertiary/aromatic N) is 1. The minimum absolute atomic E-state index is 0.0673. The van der Waals surface area contributed by atoms with Gasteiger partial charge in [0.1, 0.15) is 11.4 Å². The fourth-order valence-electron chi connectivity index (χ4n) is 4.16. The summed E-state index contributed by atoms with van der Waals surface area (Å²) in [6, 6.07) is 11.4. The molecule has 3 aliphatic heterocycles. The number of amides is 1. The van der Waals surface area contributed by atoms with Gasteiger partial charge in [0.05, 0.1) is 0 Å². The highest BCUT2D eigenvalue weighted by Gasteiger charge is 2.40. The molecule has 4 heterocycles. The number of piperidine rings is 3. The van der Waals surface area contributed by atoms with Crippen molar-refractivity contribution in [3.05, 3.63) is 42.1 Å². The van der Waals surface area contributed by atoms with Crippen molar-refractivity contribution in [2.45, 2.75) is 31.8 Å². The Labute approximate surface area is 141 Å². The summed E-state index contributed by atoms with van der Waals surface area (Å²) in [5.41, 5.74) is 1.99. The molecule has 1 aromatic heterocycles. The summed E-state index contributed by atoms with van der Waals surface area (Å²) in [7, 11) is 0. The zero-order valence-corrected chi connectivity index (χ0v) is 13.8. The molecular weight excluding hydrogens is 302 g/mol. The number of fused-ring (bicyclic) bond motifs is 3. The van der Waals surface area contributed by atoms with Crippen LogP contribution in [0.2, 0.25) is 0 Å². The lowest BCUT2D eigenvalue weighted by atomic mass is 9.79. The molecule has 1 amide bonds. The van der Waals surface area contributed by atoms with Crippen LogP contribution in [-0.2, 0) is 0 Å². The molecule has 0 aliphatic carbocycles. The van der Waals surface area contributed by atoms with Gasteiger partial charge in [-0.05, 0) is 63.0 Å². The highest BCUT2D eigenvalue weighted by atomic mass is 16.3. The van der Waals surface area contributed by atoms with E-state index >= 15 is 0 Å². The number of aromatic hydroxyl groups is 1. The van der Waals surface area contributed by atoms with Crippen LogP contribution < -0.4 is 5.32 Å². The first-order valence-corrected chi connectivity index (χ1v) is 8.66. The maximum Gasteiger partial charge on any atom is 0.267 e. The second-order valence-electron chi connectivity index (χ2n) is 6.92. The zero-order valence-electron chi connectivity index (χ0n) is 13.8.